The first-order valence-corrected chi connectivity index (χ1v) is 6.31. The van der Waals surface area contributed by atoms with E-state index in [2.05, 4.69) is 36.1 Å². The van der Waals surface area contributed by atoms with Crippen LogP contribution in [0.25, 0.3) is 0 Å². The number of benzene rings is 2. The molecule has 0 amide bonds. The van der Waals surface area contributed by atoms with Gasteiger partial charge < -0.3 is 15.4 Å². The number of rotatable bonds is 4. The minimum atomic E-state index is 0.680. The molecule has 0 saturated carbocycles. The Balaban J connectivity index is 2.20. The number of aryl methyl sites for hydroxylation is 1. The molecule has 2 aromatic rings. The summed E-state index contributed by atoms with van der Waals surface area (Å²) in [4.78, 5) is 2.13. The Labute approximate surface area is 114 Å². The zero-order valence-corrected chi connectivity index (χ0v) is 11.7. The van der Waals surface area contributed by atoms with Crippen LogP contribution in [0.4, 0.5) is 11.4 Å². The van der Waals surface area contributed by atoms with E-state index < -0.39 is 0 Å². The Morgan fingerprint density at radius 1 is 1.11 bits per heavy atom. The van der Waals surface area contributed by atoms with Crippen molar-refractivity contribution < 1.29 is 4.74 Å². The van der Waals surface area contributed by atoms with Crippen LogP contribution in [0, 0.1) is 6.92 Å². The normalized spacial score (nSPS) is 10.3. The second kappa shape index (κ2) is 5.65. The maximum atomic E-state index is 6.11. The van der Waals surface area contributed by atoms with Gasteiger partial charge in [0.05, 0.1) is 18.5 Å². The molecular weight excluding hydrogens is 236 g/mol. The third-order valence-corrected chi connectivity index (χ3v) is 3.21. The van der Waals surface area contributed by atoms with E-state index >= 15 is 0 Å². The summed E-state index contributed by atoms with van der Waals surface area (Å²) in [5, 5.41) is 0. The molecule has 0 radical (unpaired) electrons. The molecule has 100 valence electrons. The van der Waals surface area contributed by atoms with Gasteiger partial charge in [0.15, 0.2) is 0 Å². The maximum Gasteiger partial charge on any atom is 0.143 e. The van der Waals surface area contributed by atoms with E-state index in [-0.39, 0.29) is 0 Å². The van der Waals surface area contributed by atoms with Crippen molar-refractivity contribution in [2.24, 2.45) is 0 Å². The van der Waals surface area contributed by atoms with Gasteiger partial charge in [-0.25, -0.2) is 0 Å². The van der Waals surface area contributed by atoms with Gasteiger partial charge in [-0.1, -0.05) is 35.9 Å². The molecule has 19 heavy (non-hydrogen) atoms. The van der Waals surface area contributed by atoms with Crippen LogP contribution < -0.4 is 15.4 Å². The van der Waals surface area contributed by atoms with Crippen molar-refractivity contribution in [3.05, 3.63) is 53.6 Å². The Morgan fingerprint density at radius 3 is 2.42 bits per heavy atom. The molecule has 0 aromatic heterocycles. The minimum absolute atomic E-state index is 0.680. The SMILES string of the molecule is COc1cccc(N(C)Cc2ccc(C)cc2)c1N. The first kappa shape index (κ1) is 13.3. The molecule has 0 heterocycles. The Hall–Kier alpha value is -2.16. The molecule has 0 aliphatic carbocycles. The highest BCUT2D eigenvalue weighted by Crippen LogP contribution is 2.31. The lowest BCUT2D eigenvalue weighted by Gasteiger charge is -2.22. The molecule has 2 N–H and O–H groups in total. The smallest absolute Gasteiger partial charge is 0.143 e. The number of hydrogen-bond acceptors (Lipinski definition) is 3. The average Bonchev–Trinajstić information content (AvgIpc) is 2.41. The molecule has 3 heteroatoms. The molecule has 0 aliphatic heterocycles. The van der Waals surface area contributed by atoms with E-state index in [1.807, 2.05) is 25.2 Å². The molecular formula is C16H20N2O. The van der Waals surface area contributed by atoms with E-state index in [1.165, 1.54) is 11.1 Å². The molecule has 0 saturated heterocycles. The van der Waals surface area contributed by atoms with Gasteiger partial charge in [0.1, 0.15) is 5.75 Å². The Kier molecular flexibility index (Phi) is 3.95. The quantitative estimate of drug-likeness (QED) is 0.854. The number of nitrogens with zero attached hydrogens (tertiary/aromatic N) is 1. The van der Waals surface area contributed by atoms with E-state index in [4.69, 9.17) is 10.5 Å². The van der Waals surface area contributed by atoms with Gasteiger partial charge >= 0.3 is 0 Å². The maximum absolute atomic E-state index is 6.11. The van der Waals surface area contributed by atoms with Gasteiger partial charge in [-0.3, -0.25) is 0 Å². The van der Waals surface area contributed by atoms with Gasteiger partial charge in [0, 0.05) is 13.6 Å². The number of hydrogen-bond donors (Lipinski definition) is 1. The zero-order chi connectivity index (χ0) is 13.8. The van der Waals surface area contributed by atoms with Gasteiger partial charge in [0.25, 0.3) is 0 Å². The van der Waals surface area contributed by atoms with Crippen molar-refractivity contribution in [1.82, 2.24) is 0 Å². The molecule has 3 nitrogen and oxygen atoms in total. The first-order chi connectivity index (χ1) is 9.11. The molecule has 0 bridgehead atoms. The topological polar surface area (TPSA) is 38.5 Å². The van der Waals surface area contributed by atoms with Gasteiger partial charge in [-0.05, 0) is 24.6 Å². The molecule has 0 aliphatic rings. The second-order valence-corrected chi connectivity index (χ2v) is 4.73. The summed E-state index contributed by atoms with van der Waals surface area (Å²) in [7, 11) is 3.67. The number of ether oxygens (including phenoxy) is 1. The predicted octanol–water partition coefficient (Wildman–Crippen LogP) is 3.22. The van der Waals surface area contributed by atoms with Crippen LogP contribution in [0.3, 0.4) is 0 Å². The fourth-order valence-corrected chi connectivity index (χ4v) is 2.10. The standard InChI is InChI=1S/C16H20N2O/c1-12-7-9-13(10-8-12)11-18(2)14-5-4-6-15(19-3)16(14)17/h4-10H,11,17H2,1-3H3. The minimum Gasteiger partial charge on any atom is -0.495 e. The van der Waals surface area contributed by atoms with E-state index in [9.17, 15) is 0 Å². The molecule has 0 atom stereocenters. The number of nitrogen functional groups attached to an aromatic ring is 1. The molecule has 0 fully saturated rings. The van der Waals surface area contributed by atoms with Crippen LogP contribution in [-0.4, -0.2) is 14.2 Å². The van der Waals surface area contributed by atoms with Crippen LogP contribution in [0.1, 0.15) is 11.1 Å². The van der Waals surface area contributed by atoms with Crippen LogP contribution in [0.5, 0.6) is 5.75 Å². The van der Waals surface area contributed by atoms with Gasteiger partial charge in [0.2, 0.25) is 0 Å². The second-order valence-electron chi connectivity index (χ2n) is 4.73. The summed E-state index contributed by atoms with van der Waals surface area (Å²) < 4.78 is 5.25. The fraction of sp³-hybridized carbons (Fsp3) is 0.250. The van der Waals surface area contributed by atoms with Crippen molar-refractivity contribution in [2.75, 3.05) is 24.8 Å². The van der Waals surface area contributed by atoms with Crippen molar-refractivity contribution >= 4 is 11.4 Å². The predicted molar refractivity (Wildman–Crippen MR) is 80.7 cm³/mol. The van der Waals surface area contributed by atoms with Crippen molar-refractivity contribution in [2.45, 2.75) is 13.5 Å². The van der Waals surface area contributed by atoms with Crippen LogP contribution in [0.2, 0.25) is 0 Å². The average molecular weight is 256 g/mol. The highest BCUT2D eigenvalue weighted by atomic mass is 16.5. The summed E-state index contributed by atoms with van der Waals surface area (Å²) >= 11 is 0. The number of anilines is 2. The lowest BCUT2D eigenvalue weighted by Crippen LogP contribution is -2.18. The van der Waals surface area contributed by atoms with Crippen LogP contribution in [-0.2, 0) is 6.54 Å². The zero-order valence-electron chi connectivity index (χ0n) is 11.7. The third-order valence-electron chi connectivity index (χ3n) is 3.21. The highest BCUT2D eigenvalue weighted by molar-refractivity contribution is 5.73. The number of nitrogens with two attached hydrogens (primary N) is 1. The summed E-state index contributed by atoms with van der Waals surface area (Å²) in [6.45, 7) is 2.91. The van der Waals surface area contributed by atoms with Crippen molar-refractivity contribution in [1.29, 1.82) is 0 Å². The largest absolute Gasteiger partial charge is 0.495 e. The monoisotopic (exact) mass is 256 g/mol. The lowest BCUT2D eigenvalue weighted by atomic mass is 10.1. The van der Waals surface area contributed by atoms with Crippen LogP contribution >= 0.6 is 0 Å². The van der Waals surface area contributed by atoms with Crippen molar-refractivity contribution in [3.8, 4) is 5.75 Å². The van der Waals surface area contributed by atoms with E-state index in [1.54, 1.807) is 7.11 Å². The molecule has 2 aromatic carbocycles. The Morgan fingerprint density at radius 2 is 1.79 bits per heavy atom. The van der Waals surface area contributed by atoms with E-state index in [0.29, 0.717) is 11.4 Å². The summed E-state index contributed by atoms with van der Waals surface area (Å²) in [5.41, 5.74) is 10.3. The molecule has 0 unspecified atom stereocenters. The molecule has 2 rings (SSSR count). The summed E-state index contributed by atoms with van der Waals surface area (Å²) in [5.74, 6) is 0.716. The Bertz CT molecular complexity index is 549. The van der Waals surface area contributed by atoms with E-state index in [0.717, 1.165) is 12.2 Å². The van der Waals surface area contributed by atoms with Crippen molar-refractivity contribution in [3.63, 3.8) is 0 Å². The third kappa shape index (κ3) is 2.99. The number of methoxy groups -OCH3 is 1. The first-order valence-electron chi connectivity index (χ1n) is 6.31. The van der Waals surface area contributed by atoms with Crippen LogP contribution in [0.15, 0.2) is 42.5 Å². The fourth-order valence-electron chi connectivity index (χ4n) is 2.10. The van der Waals surface area contributed by atoms with Gasteiger partial charge in [-0.2, -0.15) is 0 Å². The summed E-state index contributed by atoms with van der Waals surface area (Å²) in [6.07, 6.45) is 0. The van der Waals surface area contributed by atoms with Gasteiger partial charge in [-0.15, -0.1) is 0 Å². The summed E-state index contributed by atoms with van der Waals surface area (Å²) in [6, 6.07) is 14.4. The molecule has 0 spiro atoms. The lowest BCUT2D eigenvalue weighted by molar-refractivity contribution is 0.417. The highest BCUT2D eigenvalue weighted by Gasteiger charge is 2.09. The number of para-hydroxylation sites is 1.